The second-order valence-electron chi connectivity index (χ2n) is 5.24. The highest BCUT2D eigenvalue weighted by Gasteiger charge is 2.20. The van der Waals surface area contributed by atoms with E-state index in [-0.39, 0.29) is 6.04 Å². The summed E-state index contributed by atoms with van der Waals surface area (Å²) in [7, 11) is 1.75. The Balaban J connectivity index is 2.55. The van der Waals surface area contributed by atoms with Gasteiger partial charge < -0.3 is 5.32 Å². The van der Waals surface area contributed by atoms with Gasteiger partial charge in [-0.05, 0) is 38.9 Å². The van der Waals surface area contributed by atoms with Gasteiger partial charge in [-0.15, -0.1) is 0 Å². The van der Waals surface area contributed by atoms with Crippen molar-refractivity contribution in [2.75, 3.05) is 7.05 Å². The third-order valence-electron chi connectivity index (χ3n) is 3.48. The molecule has 1 atom stereocenters. The lowest BCUT2D eigenvalue weighted by molar-refractivity contribution is 0.482. The SMILES string of the molecule is CNC(c1cc(C)cc(C)c1)c1ccc(C)c(F)c1F. The minimum atomic E-state index is -0.775. The molecule has 0 spiro atoms. The zero-order chi connectivity index (χ0) is 14.9. The van der Waals surface area contributed by atoms with Gasteiger partial charge in [-0.2, -0.15) is 0 Å². The molecule has 0 saturated heterocycles. The monoisotopic (exact) mass is 275 g/mol. The van der Waals surface area contributed by atoms with Crippen molar-refractivity contribution in [2.24, 2.45) is 0 Å². The van der Waals surface area contributed by atoms with Gasteiger partial charge in [0.2, 0.25) is 0 Å². The van der Waals surface area contributed by atoms with E-state index in [9.17, 15) is 8.78 Å². The predicted molar refractivity (Wildman–Crippen MR) is 77.9 cm³/mol. The van der Waals surface area contributed by atoms with Gasteiger partial charge in [0.05, 0.1) is 6.04 Å². The Morgan fingerprint density at radius 2 is 1.50 bits per heavy atom. The zero-order valence-corrected chi connectivity index (χ0v) is 12.2. The van der Waals surface area contributed by atoms with Crippen LogP contribution in [-0.2, 0) is 0 Å². The van der Waals surface area contributed by atoms with Crippen molar-refractivity contribution in [3.05, 3.63) is 69.8 Å². The second kappa shape index (κ2) is 5.71. The fourth-order valence-corrected chi connectivity index (χ4v) is 2.56. The lowest BCUT2D eigenvalue weighted by Crippen LogP contribution is -2.20. The van der Waals surface area contributed by atoms with E-state index in [0.29, 0.717) is 11.1 Å². The first-order chi connectivity index (χ1) is 9.43. The Bertz CT molecular complexity index is 615. The molecule has 2 aromatic rings. The van der Waals surface area contributed by atoms with Crippen LogP contribution >= 0.6 is 0 Å². The molecule has 0 aliphatic rings. The molecule has 0 bridgehead atoms. The third-order valence-corrected chi connectivity index (χ3v) is 3.48. The molecule has 0 saturated carbocycles. The lowest BCUT2D eigenvalue weighted by Gasteiger charge is -2.20. The first-order valence-electron chi connectivity index (χ1n) is 6.64. The molecular weight excluding hydrogens is 256 g/mol. The van der Waals surface area contributed by atoms with Gasteiger partial charge >= 0.3 is 0 Å². The molecule has 0 amide bonds. The molecule has 1 unspecified atom stereocenters. The summed E-state index contributed by atoms with van der Waals surface area (Å²) in [5.74, 6) is -1.55. The Kier molecular flexibility index (Phi) is 4.19. The smallest absolute Gasteiger partial charge is 0.164 e. The van der Waals surface area contributed by atoms with E-state index in [0.717, 1.165) is 16.7 Å². The highest BCUT2D eigenvalue weighted by atomic mass is 19.2. The summed E-state index contributed by atoms with van der Waals surface area (Å²) in [5.41, 5.74) is 3.80. The molecule has 106 valence electrons. The van der Waals surface area contributed by atoms with Gasteiger partial charge in [0.1, 0.15) is 0 Å². The molecule has 20 heavy (non-hydrogen) atoms. The van der Waals surface area contributed by atoms with Crippen molar-refractivity contribution >= 4 is 0 Å². The van der Waals surface area contributed by atoms with Crippen LogP contribution in [0.15, 0.2) is 30.3 Å². The number of hydrogen-bond acceptors (Lipinski definition) is 1. The van der Waals surface area contributed by atoms with E-state index in [1.54, 1.807) is 26.1 Å². The summed E-state index contributed by atoms with van der Waals surface area (Å²) in [4.78, 5) is 0. The average Bonchev–Trinajstić information content (AvgIpc) is 2.38. The second-order valence-corrected chi connectivity index (χ2v) is 5.24. The summed E-state index contributed by atoms with van der Waals surface area (Å²) in [6.45, 7) is 5.55. The molecule has 0 heterocycles. The summed E-state index contributed by atoms with van der Waals surface area (Å²) in [6.07, 6.45) is 0. The van der Waals surface area contributed by atoms with Crippen molar-refractivity contribution in [1.29, 1.82) is 0 Å². The predicted octanol–water partition coefficient (Wildman–Crippen LogP) is 4.20. The maximum Gasteiger partial charge on any atom is 0.164 e. The average molecular weight is 275 g/mol. The summed E-state index contributed by atoms with van der Waals surface area (Å²) < 4.78 is 27.9. The Morgan fingerprint density at radius 3 is 2.05 bits per heavy atom. The van der Waals surface area contributed by atoms with Gasteiger partial charge in [0.25, 0.3) is 0 Å². The van der Waals surface area contributed by atoms with Crippen molar-refractivity contribution in [2.45, 2.75) is 26.8 Å². The van der Waals surface area contributed by atoms with Crippen molar-refractivity contribution in [3.63, 3.8) is 0 Å². The largest absolute Gasteiger partial charge is 0.309 e. The topological polar surface area (TPSA) is 12.0 Å². The third kappa shape index (κ3) is 2.73. The van der Waals surface area contributed by atoms with Crippen LogP contribution in [0.2, 0.25) is 0 Å². The van der Waals surface area contributed by atoms with E-state index < -0.39 is 11.6 Å². The van der Waals surface area contributed by atoms with E-state index in [2.05, 4.69) is 11.4 Å². The maximum atomic E-state index is 14.2. The molecule has 0 radical (unpaired) electrons. The van der Waals surface area contributed by atoms with E-state index >= 15 is 0 Å². The van der Waals surface area contributed by atoms with Crippen molar-refractivity contribution in [1.82, 2.24) is 5.32 Å². The minimum absolute atomic E-state index is 0.321. The molecule has 0 aromatic heterocycles. The van der Waals surface area contributed by atoms with Crippen LogP contribution < -0.4 is 5.32 Å². The summed E-state index contributed by atoms with van der Waals surface area (Å²) >= 11 is 0. The van der Waals surface area contributed by atoms with Crippen molar-refractivity contribution in [3.8, 4) is 0 Å². The molecule has 3 heteroatoms. The van der Waals surface area contributed by atoms with E-state index in [1.165, 1.54) is 0 Å². The lowest BCUT2D eigenvalue weighted by atomic mass is 9.94. The fraction of sp³-hybridized carbons (Fsp3) is 0.294. The molecule has 2 aromatic carbocycles. The standard InChI is InChI=1S/C17H19F2N/c1-10-7-11(2)9-13(8-10)17(20-4)14-6-5-12(3)15(18)16(14)19/h5-9,17,20H,1-4H3. The molecule has 1 nitrogen and oxygen atoms in total. The molecular formula is C17H19F2N. The molecule has 0 aliphatic carbocycles. The number of benzene rings is 2. The first-order valence-corrected chi connectivity index (χ1v) is 6.64. The minimum Gasteiger partial charge on any atom is -0.309 e. The number of aryl methyl sites for hydroxylation is 3. The van der Waals surface area contributed by atoms with Crippen LogP contribution in [0.5, 0.6) is 0 Å². The van der Waals surface area contributed by atoms with Gasteiger partial charge in [0.15, 0.2) is 11.6 Å². The number of hydrogen-bond donors (Lipinski definition) is 1. The highest BCUT2D eigenvalue weighted by molar-refractivity contribution is 5.38. The van der Waals surface area contributed by atoms with Gasteiger partial charge in [-0.1, -0.05) is 41.5 Å². The number of rotatable bonds is 3. The summed E-state index contributed by atoms with van der Waals surface area (Å²) in [5, 5.41) is 3.07. The molecule has 1 N–H and O–H groups in total. The summed E-state index contributed by atoms with van der Waals surface area (Å²) in [6, 6.07) is 8.94. The van der Waals surface area contributed by atoms with Gasteiger partial charge in [0, 0.05) is 5.56 Å². The Morgan fingerprint density at radius 1 is 0.900 bits per heavy atom. The van der Waals surface area contributed by atoms with Gasteiger partial charge in [-0.25, -0.2) is 8.78 Å². The molecule has 2 rings (SSSR count). The Labute approximate surface area is 118 Å². The van der Waals surface area contributed by atoms with Crippen LogP contribution in [0.4, 0.5) is 8.78 Å². The number of halogens is 2. The molecule has 0 fully saturated rings. The normalized spacial score (nSPS) is 12.5. The first kappa shape index (κ1) is 14.7. The van der Waals surface area contributed by atoms with Crippen LogP contribution in [0.25, 0.3) is 0 Å². The van der Waals surface area contributed by atoms with E-state index in [1.807, 2.05) is 26.0 Å². The quantitative estimate of drug-likeness (QED) is 0.885. The number of nitrogens with one attached hydrogen (secondary N) is 1. The zero-order valence-electron chi connectivity index (χ0n) is 12.2. The van der Waals surface area contributed by atoms with Crippen LogP contribution in [-0.4, -0.2) is 7.05 Å². The fourth-order valence-electron chi connectivity index (χ4n) is 2.56. The highest BCUT2D eigenvalue weighted by Crippen LogP contribution is 2.28. The van der Waals surface area contributed by atoms with Crippen LogP contribution in [0.1, 0.15) is 33.9 Å². The van der Waals surface area contributed by atoms with Gasteiger partial charge in [-0.3, -0.25) is 0 Å². The molecule has 0 aliphatic heterocycles. The Hall–Kier alpha value is -1.74. The van der Waals surface area contributed by atoms with Crippen molar-refractivity contribution < 1.29 is 8.78 Å². The van der Waals surface area contributed by atoms with E-state index in [4.69, 9.17) is 0 Å². The van der Waals surface area contributed by atoms with Crippen LogP contribution in [0.3, 0.4) is 0 Å². The van der Waals surface area contributed by atoms with Crippen LogP contribution in [0, 0.1) is 32.4 Å². The maximum absolute atomic E-state index is 14.2.